The van der Waals surface area contributed by atoms with Crippen LogP contribution in [-0.4, -0.2) is 20.1 Å². The van der Waals surface area contributed by atoms with Gasteiger partial charge in [0, 0.05) is 11.4 Å². The zero-order valence-electron chi connectivity index (χ0n) is 10.8. The maximum atomic E-state index is 13.0. The molecule has 1 heterocycles. The largest absolute Gasteiger partial charge is 0.388 e. The first kappa shape index (κ1) is 16.4. The summed E-state index contributed by atoms with van der Waals surface area (Å²) in [7, 11) is -3.77. The number of benzene rings is 1. The molecular weight excluding hydrogens is 337 g/mol. The van der Waals surface area contributed by atoms with Crippen molar-refractivity contribution < 1.29 is 17.9 Å². The van der Waals surface area contributed by atoms with Crippen LogP contribution in [0.1, 0.15) is 17.4 Å². The lowest BCUT2D eigenvalue weighted by Gasteiger charge is -2.10. The van der Waals surface area contributed by atoms with E-state index in [9.17, 15) is 17.9 Å². The summed E-state index contributed by atoms with van der Waals surface area (Å²) < 4.78 is 39.4. The minimum absolute atomic E-state index is 0.0659. The number of hydrogen-bond donors (Lipinski definition) is 2. The first-order valence-electron chi connectivity index (χ1n) is 6.06. The van der Waals surface area contributed by atoms with E-state index in [1.165, 1.54) is 11.3 Å². The monoisotopic (exact) mass is 349 g/mol. The molecule has 0 saturated carbocycles. The molecule has 2 N–H and O–H groups in total. The Labute approximate surface area is 131 Å². The van der Waals surface area contributed by atoms with Crippen molar-refractivity contribution in [2.24, 2.45) is 0 Å². The highest BCUT2D eigenvalue weighted by Gasteiger charge is 2.16. The molecule has 114 valence electrons. The second-order valence-electron chi connectivity index (χ2n) is 4.29. The van der Waals surface area contributed by atoms with Crippen LogP contribution in [0.15, 0.2) is 40.6 Å². The maximum Gasteiger partial charge on any atom is 0.240 e. The Morgan fingerprint density at radius 1 is 1.38 bits per heavy atom. The first-order chi connectivity index (χ1) is 9.90. The summed E-state index contributed by atoms with van der Waals surface area (Å²) in [5, 5.41) is 11.4. The van der Waals surface area contributed by atoms with E-state index in [1.807, 2.05) is 11.4 Å². The van der Waals surface area contributed by atoms with Crippen molar-refractivity contribution in [3.8, 4) is 0 Å². The van der Waals surface area contributed by atoms with Crippen molar-refractivity contribution in [3.63, 3.8) is 0 Å². The fraction of sp³-hybridized carbons (Fsp3) is 0.231. The summed E-state index contributed by atoms with van der Waals surface area (Å²) in [4.78, 5) is 0.665. The molecule has 8 heteroatoms. The molecule has 0 amide bonds. The molecule has 0 aliphatic rings. The second-order valence-corrected chi connectivity index (χ2v) is 7.45. The zero-order chi connectivity index (χ0) is 15.5. The number of nitrogens with one attached hydrogen (secondary N) is 1. The Balaban J connectivity index is 1.96. The molecule has 0 saturated heterocycles. The van der Waals surface area contributed by atoms with Crippen molar-refractivity contribution >= 4 is 33.0 Å². The van der Waals surface area contributed by atoms with Gasteiger partial charge < -0.3 is 5.11 Å². The Morgan fingerprint density at radius 3 is 2.76 bits per heavy atom. The molecule has 0 spiro atoms. The highest BCUT2D eigenvalue weighted by Crippen LogP contribution is 2.22. The number of aliphatic hydroxyl groups is 1. The third-order valence-corrected chi connectivity index (χ3v) is 5.50. The molecule has 0 aliphatic carbocycles. The van der Waals surface area contributed by atoms with Gasteiger partial charge in [0.2, 0.25) is 10.0 Å². The van der Waals surface area contributed by atoms with Crippen LogP contribution < -0.4 is 4.72 Å². The van der Waals surface area contributed by atoms with Crippen molar-refractivity contribution in [2.75, 3.05) is 6.54 Å². The van der Waals surface area contributed by atoms with Crippen LogP contribution in [0, 0.1) is 5.82 Å². The summed E-state index contributed by atoms with van der Waals surface area (Å²) in [6, 6.07) is 6.78. The van der Waals surface area contributed by atoms with Crippen molar-refractivity contribution in [1.82, 2.24) is 4.72 Å². The summed E-state index contributed by atoms with van der Waals surface area (Å²) >= 11 is 6.97. The van der Waals surface area contributed by atoms with Gasteiger partial charge >= 0.3 is 0 Å². The average molecular weight is 350 g/mol. The zero-order valence-corrected chi connectivity index (χ0v) is 13.2. The highest BCUT2D eigenvalue weighted by molar-refractivity contribution is 7.89. The number of sulfonamides is 1. The minimum Gasteiger partial charge on any atom is -0.388 e. The smallest absolute Gasteiger partial charge is 0.240 e. The van der Waals surface area contributed by atoms with Crippen LogP contribution in [0.4, 0.5) is 4.39 Å². The molecule has 0 aliphatic heterocycles. The summed E-state index contributed by atoms with van der Waals surface area (Å²) in [6.07, 6.45) is -0.473. The van der Waals surface area contributed by atoms with E-state index in [0.29, 0.717) is 0 Å². The van der Waals surface area contributed by atoms with Gasteiger partial charge in [-0.25, -0.2) is 17.5 Å². The van der Waals surface area contributed by atoms with E-state index >= 15 is 0 Å². The van der Waals surface area contributed by atoms with E-state index in [2.05, 4.69) is 4.72 Å². The summed E-state index contributed by atoms with van der Waals surface area (Å²) in [5.41, 5.74) is 0. The average Bonchev–Trinajstić information content (AvgIpc) is 2.95. The first-order valence-corrected chi connectivity index (χ1v) is 8.80. The van der Waals surface area contributed by atoms with E-state index in [1.54, 1.807) is 6.07 Å². The van der Waals surface area contributed by atoms with Gasteiger partial charge in [0.25, 0.3) is 0 Å². The van der Waals surface area contributed by atoms with E-state index in [0.717, 1.165) is 23.1 Å². The molecule has 21 heavy (non-hydrogen) atoms. The Bertz CT molecular complexity index is 704. The molecule has 0 unspecified atom stereocenters. The van der Waals surface area contributed by atoms with E-state index < -0.39 is 21.9 Å². The third-order valence-electron chi connectivity index (χ3n) is 2.78. The maximum absolute atomic E-state index is 13.0. The van der Waals surface area contributed by atoms with Crippen molar-refractivity contribution in [3.05, 3.63) is 51.4 Å². The highest BCUT2D eigenvalue weighted by atomic mass is 35.5. The molecule has 2 aromatic rings. The lowest BCUT2D eigenvalue weighted by molar-refractivity contribution is 0.173. The van der Waals surface area contributed by atoms with Crippen molar-refractivity contribution in [1.29, 1.82) is 0 Å². The number of thiophene rings is 1. The predicted octanol–water partition coefficient (Wildman–Crippen LogP) is 2.94. The van der Waals surface area contributed by atoms with Gasteiger partial charge in [0.15, 0.2) is 0 Å². The number of aliphatic hydroxyl groups excluding tert-OH is 1. The van der Waals surface area contributed by atoms with Gasteiger partial charge in [0.1, 0.15) is 5.82 Å². The van der Waals surface area contributed by atoms with Crippen LogP contribution in [0.25, 0.3) is 0 Å². The standard InChI is InChI=1S/C13H13ClFNO3S2/c14-10-8-9(3-4-11(10)15)21(18,19)16-6-5-12(17)13-2-1-7-20-13/h1-4,7-8,12,16-17H,5-6H2/t12-/m1/s1. The van der Waals surface area contributed by atoms with Crippen LogP contribution >= 0.6 is 22.9 Å². The van der Waals surface area contributed by atoms with Gasteiger partial charge in [0.05, 0.1) is 16.0 Å². The van der Waals surface area contributed by atoms with Gasteiger partial charge in [-0.15, -0.1) is 11.3 Å². The fourth-order valence-electron chi connectivity index (χ4n) is 1.68. The van der Waals surface area contributed by atoms with Crippen LogP contribution in [-0.2, 0) is 10.0 Å². The summed E-state index contributed by atoms with van der Waals surface area (Å²) in [6.45, 7) is 0.0659. The van der Waals surface area contributed by atoms with Crippen molar-refractivity contribution in [2.45, 2.75) is 17.4 Å². The lowest BCUT2D eigenvalue weighted by Crippen LogP contribution is -2.25. The van der Waals surface area contributed by atoms with Crippen LogP contribution in [0.3, 0.4) is 0 Å². The molecular formula is C13H13ClFNO3S2. The molecule has 0 fully saturated rings. The molecule has 2 rings (SSSR count). The lowest BCUT2D eigenvalue weighted by atomic mass is 10.2. The molecule has 1 aromatic carbocycles. The second kappa shape index (κ2) is 6.85. The van der Waals surface area contributed by atoms with E-state index in [-0.39, 0.29) is 22.9 Å². The molecule has 0 bridgehead atoms. The number of halogens is 2. The molecule has 0 radical (unpaired) electrons. The number of rotatable bonds is 6. The van der Waals surface area contributed by atoms with Gasteiger partial charge in [-0.05, 0) is 36.1 Å². The normalized spacial score (nSPS) is 13.3. The predicted molar refractivity (Wildman–Crippen MR) is 80.5 cm³/mol. The van der Waals surface area contributed by atoms with E-state index in [4.69, 9.17) is 11.6 Å². The quantitative estimate of drug-likeness (QED) is 0.842. The van der Waals surface area contributed by atoms with Gasteiger partial charge in [-0.1, -0.05) is 17.7 Å². The van der Waals surface area contributed by atoms with Gasteiger partial charge in [-0.3, -0.25) is 0 Å². The fourth-order valence-corrected chi connectivity index (χ4v) is 3.75. The van der Waals surface area contributed by atoms with Crippen LogP contribution in [0.2, 0.25) is 5.02 Å². The molecule has 4 nitrogen and oxygen atoms in total. The molecule has 1 aromatic heterocycles. The molecule has 1 atom stereocenters. The third kappa shape index (κ3) is 4.24. The topological polar surface area (TPSA) is 66.4 Å². The van der Waals surface area contributed by atoms with Gasteiger partial charge in [-0.2, -0.15) is 0 Å². The summed E-state index contributed by atoms with van der Waals surface area (Å²) in [5.74, 6) is -0.677. The Hall–Kier alpha value is -0.990. The number of hydrogen-bond acceptors (Lipinski definition) is 4. The minimum atomic E-state index is -3.77. The van der Waals surface area contributed by atoms with Crippen LogP contribution in [0.5, 0.6) is 0 Å². The SMILES string of the molecule is O=S(=O)(NCC[C@@H](O)c1cccs1)c1ccc(F)c(Cl)c1. The Morgan fingerprint density at radius 2 is 2.14 bits per heavy atom. The Kier molecular flexibility index (Phi) is 5.34.